The molecule has 5 nitrogen and oxygen atoms in total. The third-order valence-corrected chi connectivity index (χ3v) is 5.09. The van der Waals surface area contributed by atoms with Gasteiger partial charge in [0.2, 0.25) is 0 Å². The van der Waals surface area contributed by atoms with Gasteiger partial charge in [0.05, 0.1) is 6.04 Å². The zero-order valence-electron chi connectivity index (χ0n) is 14.7. The van der Waals surface area contributed by atoms with Crippen LogP contribution >= 0.6 is 11.3 Å². The molecule has 2 aromatic rings. The third-order valence-electron chi connectivity index (χ3n) is 3.94. The first-order chi connectivity index (χ1) is 11.5. The summed E-state index contributed by atoms with van der Waals surface area (Å²) in [5.41, 5.74) is 2.25. The fourth-order valence-corrected chi connectivity index (χ4v) is 3.11. The molecule has 2 amide bonds. The van der Waals surface area contributed by atoms with Crippen molar-refractivity contribution in [2.75, 3.05) is 13.6 Å². The Morgan fingerprint density at radius 2 is 2.00 bits per heavy atom. The van der Waals surface area contributed by atoms with Crippen LogP contribution in [0.1, 0.15) is 36.2 Å². The highest BCUT2D eigenvalue weighted by Gasteiger charge is 2.14. The number of carbonyl (C=O) groups is 1. The lowest BCUT2D eigenvalue weighted by atomic mass is 10.2. The second-order valence-corrected chi connectivity index (χ2v) is 7.04. The van der Waals surface area contributed by atoms with Crippen LogP contribution in [0.5, 0.6) is 0 Å². The summed E-state index contributed by atoms with van der Waals surface area (Å²) in [6.45, 7) is 7.47. The number of urea groups is 1. The van der Waals surface area contributed by atoms with Crippen LogP contribution in [-0.2, 0) is 6.54 Å². The molecule has 0 aliphatic carbocycles. The van der Waals surface area contributed by atoms with Crippen molar-refractivity contribution in [3.05, 3.63) is 52.0 Å². The molecule has 24 heavy (non-hydrogen) atoms. The van der Waals surface area contributed by atoms with Crippen LogP contribution in [0.2, 0.25) is 0 Å². The minimum absolute atomic E-state index is 0.0824. The van der Waals surface area contributed by atoms with E-state index in [0.717, 1.165) is 17.2 Å². The topological polar surface area (TPSA) is 57.3 Å². The quantitative estimate of drug-likeness (QED) is 0.808. The number of nitrogens with zero attached hydrogens (tertiary/aromatic N) is 2. The van der Waals surface area contributed by atoms with Crippen LogP contribution in [0.4, 0.5) is 4.79 Å². The van der Waals surface area contributed by atoms with Crippen LogP contribution in [0.3, 0.4) is 0 Å². The summed E-state index contributed by atoms with van der Waals surface area (Å²) in [6, 6.07) is 10.3. The third kappa shape index (κ3) is 5.62. The minimum atomic E-state index is -0.157. The van der Waals surface area contributed by atoms with E-state index in [1.807, 2.05) is 37.4 Å². The zero-order valence-corrected chi connectivity index (χ0v) is 15.6. The minimum Gasteiger partial charge on any atom is -0.337 e. The van der Waals surface area contributed by atoms with Gasteiger partial charge in [-0.1, -0.05) is 30.3 Å². The van der Waals surface area contributed by atoms with Gasteiger partial charge in [-0.2, -0.15) is 0 Å². The van der Waals surface area contributed by atoms with E-state index in [2.05, 4.69) is 46.6 Å². The monoisotopic (exact) mass is 346 g/mol. The predicted octanol–water partition coefficient (Wildman–Crippen LogP) is 3.33. The van der Waals surface area contributed by atoms with Crippen molar-refractivity contribution >= 4 is 17.4 Å². The number of nitrogens with one attached hydrogen (secondary N) is 2. The molecular formula is C18H26N4OS. The molecule has 130 valence electrons. The normalized spacial score (nSPS) is 13.5. The molecule has 0 aliphatic heterocycles. The summed E-state index contributed by atoms with van der Waals surface area (Å²) in [4.78, 5) is 18.7. The summed E-state index contributed by atoms with van der Waals surface area (Å²) in [5, 5.41) is 8.79. The van der Waals surface area contributed by atoms with Gasteiger partial charge in [-0.25, -0.2) is 9.78 Å². The molecule has 0 fully saturated rings. The Hall–Kier alpha value is -1.92. The molecule has 0 bridgehead atoms. The van der Waals surface area contributed by atoms with Crippen LogP contribution in [0.25, 0.3) is 0 Å². The van der Waals surface area contributed by atoms with Crippen LogP contribution < -0.4 is 10.6 Å². The summed E-state index contributed by atoms with van der Waals surface area (Å²) in [5.74, 6) is 0. The Morgan fingerprint density at radius 1 is 1.29 bits per heavy atom. The zero-order chi connectivity index (χ0) is 17.5. The summed E-state index contributed by atoms with van der Waals surface area (Å²) in [6.07, 6.45) is 0. The van der Waals surface area contributed by atoms with Crippen molar-refractivity contribution in [1.29, 1.82) is 0 Å². The highest BCUT2D eigenvalue weighted by Crippen LogP contribution is 2.17. The van der Waals surface area contributed by atoms with E-state index >= 15 is 0 Å². The smallest absolute Gasteiger partial charge is 0.315 e. The van der Waals surface area contributed by atoms with E-state index in [1.54, 1.807) is 11.3 Å². The van der Waals surface area contributed by atoms with Gasteiger partial charge in [0.25, 0.3) is 0 Å². The maximum Gasteiger partial charge on any atom is 0.315 e. The number of likely N-dealkylation sites (N-methyl/N-ethyl adjacent to an activating group) is 1. The van der Waals surface area contributed by atoms with Crippen LogP contribution in [0, 0.1) is 6.92 Å². The van der Waals surface area contributed by atoms with E-state index in [4.69, 9.17) is 0 Å². The summed E-state index contributed by atoms with van der Waals surface area (Å²) in [7, 11) is 2.07. The van der Waals surface area contributed by atoms with Crippen molar-refractivity contribution in [1.82, 2.24) is 20.5 Å². The molecule has 0 radical (unpaired) electrons. The van der Waals surface area contributed by atoms with Gasteiger partial charge in [-0.15, -0.1) is 11.3 Å². The number of benzene rings is 1. The lowest BCUT2D eigenvalue weighted by molar-refractivity contribution is 0.221. The van der Waals surface area contributed by atoms with Gasteiger partial charge < -0.3 is 10.6 Å². The van der Waals surface area contributed by atoms with E-state index < -0.39 is 0 Å². The van der Waals surface area contributed by atoms with Crippen LogP contribution in [-0.4, -0.2) is 35.5 Å². The number of aryl methyl sites for hydroxylation is 1. The molecule has 2 N–H and O–H groups in total. The average molecular weight is 346 g/mol. The Kier molecular flexibility index (Phi) is 6.75. The number of hydrogen-bond donors (Lipinski definition) is 2. The fraction of sp³-hybridized carbons (Fsp3) is 0.444. The molecule has 1 aromatic carbocycles. The molecule has 2 rings (SSSR count). The van der Waals surface area contributed by atoms with Gasteiger partial charge in [0, 0.05) is 30.2 Å². The Bertz CT molecular complexity index is 643. The first-order valence-electron chi connectivity index (χ1n) is 8.16. The molecule has 6 heteroatoms. The molecule has 2 atom stereocenters. The Morgan fingerprint density at radius 3 is 2.62 bits per heavy atom. The van der Waals surface area contributed by atoms with Gasteiger partial charge in [0.15, 0.2) is 0 Å². The van der Waals surface area contributed by atoms with Crippen molar-refractivity contribution in [2.24, 2.45) is 0 Å². The van der Waals surface area contributed by atoms with Crippen molar-refractivity contribution in [3.8, 4) is 0 Å². The molecular weight excluding hydrogens is 320 g/mol. The highest BCUT2D eigenvalue weighted by molar-refractivity contribution is 7.09. The SMILES string of the molecule is Cc1csc([C@@H](C)NC(=O)NC[C@@H](C)N(C)Cc2ccccc2)n1. The van der Waals surface area contributed by atoms with E-state index in [0.29, 0.717) is 6.54 Å². The van der Waals surface area contributed by atoms with Crippen LogP contribution in [0.15, 0.2) is 35.7 Å². The number of rotatable bonds is 7. The fourth-order valence-electron chi connectivity index (χ4n) is 2.30. The second-order valence-electron chi connectivity index (χ2n) is 6.15. The van der Waals surface area contributed by atoms with Gasteiger partial charge >= 0.3 is 6.03 Å². The second kappa shape index (κ2) is 8.80. The first kappa shape index (κ1) is 18.4. The molecule has 1 heterocycles. The standard InChI is InChI=1S/C18H26N4OS/c1-13-12-24-17(20-13)15(3)21-18(23)19-10-14(2)22(4)11-16-8-6-5-7-9-16/h5-9,12,14-15H,10-11H2,1-4H3,(H2,19,21,23)/t14-,15-/m1/s1. The lowest BCUT2D eigenvalue weighted by Crippen LogP contribution is -2.44. The number of aromatic nitrogens is 1. The number of hydrogen-bond acceptors (Lipinski definition) is 4. The molecule has 1 aromatic heterocycles. The summed E-state index contributed by atoms with van der Waals surface area (Å²) >= 11 is 1.57. The predicted molar refractivity (Wildman–Crippen MR) is 99.2 cm³/mol. The number of amides is 2. The molecule has 0 saturated heterocycles. The van der Waals surface area contributed by atoms with E-state index in [1.165, 1.54) is 5.56 Å². The van der Waals surface area contributed by atoms with E-state index in [-0.39, 0.29) is 18.1 Å². The molecule has 0 unspecified atom stereocenters. The maximum atomic E-state index is 12.1. The number of thiazole rings is 1. The highest BCUT2D eigenvalue weighted by atomic mass is 32.1. The van der Waals surface area contributed by atoms with Gasteiger partial charge in [0.1, 0.15) is 5.01 Å². The Labute approximate surface area is 148 Å². The molecule has 0 saturated carbocycles. The van der Waals surface area contributed by atoms with Gasteiger partial charge in [-0.05, 0) is 33.4 Å². The van der Waals surface area contributed by atoms with E-state index in [9.17, 15) is 4.79 Å². The Balaban J connectivity index is 1.74. The summed E-state index contributed by atoms with van der Waals surface area (Å²) < 4.78 is 0. The molecule has 0 aliphatic rings. The number of carbonyl (C=O) groups excluding carboxylic acids is 1. The maximum absolute atomic E-state index is 12.1. The largest absolute Gasteiger partial charge is 0.337 e. The van der Waals surface area contributed by atoms with Crippen molar-refractivity contribution in [2.45, 2.75) is 39.4 Å². The van der Waals surface area contributed by atoms with Crippen molar-refractivity contribution < 1.29 is 4.79 Å². The molecule has 0 spiro atoms. The van der Waals surface area contributed by atoms with Gasteiger partial charge in [-0.3, -0.25) is 4.90 Å². The van der Waals surface area contributed by atoms with Crippen molar-refractivity contribution in [3.63, 3.8) is 0 Å². The first-order valence-corrected chi connectivity index (χ1v) is 9.04. The lowest BCUT2D eigenvalue weighted by Gasteiger charge is -2.25. The average Bonchev–Trinajstić information content (AvgIpc) is 3.00.